The van der Waals surface area contributed by atoms with Crippen LogP contribution in [0.1, 0.15) is 31.0 Å². The Bertz CT molecular complexity index is 555. The molecule has 0 fully saturated rings. The molecule has 0 saturated carbocycles. The lowest BCUT2D eigenvalue weighted by Gasteiger charge is -2.14. The van der Waals surface area contributed by atoms with Gasteiger partial charge in [0.05, 0.1) is 12.3 Å². The average molecular weight is 335 g/mol. The van der Waals surface area contributed by atoms with Crippen molar-refractivity contribution in [2.24, 2.45) is 5.73 Å². The lowest BCUT2D eigenvalue weighted by molar-refractivity contribution is 0.241. The fraction of sp³-hybridized carbons (Fsp3) is 0.312. The maximum absolute atomic E-state index is 6.26. The molecule has 4 heteroatoms. The van der Waals surface area contributed by atoms with Gasteiger partial charge in [-0.3, -0.25) is 4.98 Å². The predicted octanol–water partition coefficient (Wildman–Crippen LogP) is 3.87. The second-order valence-corrected chi connectivity index (χ2v) is 5.97. The zero-order chi connectivity index (χ0) is 14.5. The van der Waals surface area contributed by atoms with Crippen molar-refractivity contribution in [1.82, 2.24) is 4.98 Å². The van der Waals surface area contributed by atoms with E-state index in [-0.39, 0.29) is 12.1 Å². The normalized spacial score (nSPS) is 12.4. The number of nitrogens with two attached hydrogens (primary N) is 1. The van der Waals surface area contributed by atoms with Crippen LogP contribution in [0.4, 0.5) is 0 Å². The molecule has 1 aromatic carbocycles. The van der Waals surface area contributed by atoms with Crippen LogP contribution < -0.4 is 10.5 Å². The van der Waals surface area contributed by atoms with Crippen LogP contribution in [0.3, 0.4) is 0 Å². The van der Waals surface area contributed by atoms with Gasteiger partial charge >= 0.3 is 0 Å². The highest BCUT2D eigenvalue weighted by atomic mass is 79.9. The Morgan fingerprint density at radius 1 is 1.20 bits per heavy atom. The Morgan fingerprint density at radius 2 is 1.90 bits per heavy atom. The third kappa shape index (κ3) is 4.32. The number of ether oxygens (including phenoxy) is 1. The van der Waals surface area contributed by atoms with Crippen LogP contribution in [0, 0.1) is 0 Å². The standard InChI is InChI=1S/C16H19BrN2O/c1-11(2)20-15-8-13(9-19-10-15)16(18)7-12-3-5-14(17)6-4-12/h3-6,8-11,16H,7,18H2,1-2H3. The van der Waals surface area contributed by atoms with Gasteiger partial charge in [-0.15, -0.1) is 0 Å². The van der Waals surface area contributed by atoms with Crippen molar-refractivity contribution >= 4 is 15.9 Å². The van der Waals surface area contributed by atoms with Crippen molar-refractivity contribution in [2.45, 2.75) is 32.4 Å². The Balaban J connectivity index is 2.08. The minimum absolute atomic E-state index is 0.0839. The molecule has 0 aliphatic carbocycles. The summed E-state index contributed by atoms with van der Waals surface area (Å²) in [6, 6.07) is 10.1. The summed E-state index contributed by atoms with van der Waals surface area (Å²) in [5.74, 6) is 0.767. The van der Waals surface area contributed by atoms with E-state index in [9.17, 15) is 0 Å². The molecule has 1 aromatic heterocycles. The molecule has 0 saturated heterocycles. The summed E-state index contributed by atoms with van der Waals surface area (Å²) < 4.78 is 6.72. The predicted molar refractivity (Wildman–Crippen MR) is 84.8 cm³/mol. The molecule has 0 radical (unpaired) electrons. The summed E-state index contributed by atoms with van der Waals surface area (Å²) >= 11 is 3.43. The molecule has 3 nitrogen and oxygen atoms in total. The summed E-state index contributed by atoms with van der Waals surface area (Å²) in [5.41, 5.74) is 8.45. The van der Waals surface area contributed by atoms with E-state index >= 15 is 0 Å². The fourth-order valence-electron chi connectivity index (χ4n) is 1.97. The van der Waals surface area contributed by atoms with Crippen molar-refractivity contribution < 1.29 is 4.74 Å². The van der Waals surface area contributed by atoms with Gasteiger partial charge in [0.2, 0.25) is 0 Å². The molecular weight excluding hydrogens is 316 g/mol. The zero-order valence-corrected chi connectivity index (χ0v) is 13.3. The molecule has 20 heavy (non-hydrogen) atoms. The van der Waals surface area contributed by atoms with Gasteiger partial charge in [0.15, 0.2) is 0 Å². The summed E-state index contributed by atoms with van der Waals surface area (Å²) in [4.78, 5) is 4.20. The molecule has 2 aromatic rings. The number of halogens is 1. The van der Waals surface area contributed by atoms with Crippen molar-refractivity contribution in [1.29, 1.82) is 0 Å². The van der Waals surface area contributed by atoms with E-state index in [1.807, 2.05) is 32.0 Å². The Hall–Kier alpha value is -1.39. The van der Waals surface area contributed by atoms with Gasteiger partial charge in [-0.05, 0) is 49.6 Å². The van der Waals surface area contributed by atoms with Gasteiger partial charge in [0, 0.05) is 16.7 Å². The molecule has 0 aliphatic heterocycles. The van der Waals surface area contributed by atoms with Gasteiger partial charge in [-0.2, -0.15) is 0 Å². The van der Waals surface area contributed by atoms with Gasteiger partial charge in [0.1, 0.15) is 5.75 Å². The zero-order valence-electron chi connectivity index (χ0n) is 11.7. The quantitative estimate of drug-likeness (QED) is 0.902. The molecule has 0 bridgehead atoms. The van der Waals surface area contributed by atoms with Gasteiger partial charge in [-0.1, -0.05) is 28.1 Å². The van der Waals surface area contributed by atoms with Gasteiger partial charge in [-0.25, -0.2) is 0 Å². The highest BCUT2D eigenvalue weighted by Crippen LogP contribution is 2.21. The molecule has 0 spiro atoms. The fourth-order valence-corrected chi connectivity index (χ4v) is 2.23. The van der Waals surface area contributed by atoms with Gasteiger partial charge in [0.25, 0.3) is 0 Å². The first kappa shape index (κ1) is 15.0. The Kier molecular flexibility index (Phi) is 5.15. The maximum atomic E-state index is 6.26. The summed E-state index contributed by atoms with van der Waals surface area (Å²) in [7, 11) is 0. The number of hydrogen-bond donors (Lipinski definition) is 1. The second-order valence-electron chi connectivity index (χ2n) is 5.06. The van der Waals surface area contributed by atoms with E-state index in [4.69, 9.17) is 10.5 Å². The number of pyridine rings is 1. The van der Waals surface area contributed by atoms with E-state index in [1.54, 1.807) is 12.4 Å². The lowest BCUT2D eigenvalue weighted by Crippen LogP contribution is -2.14. The molecule has 106 valence electrons. The Labute approximate surface area is 128 Å². The van der Waals surface area contributed by atoms with Crippen LogP contribution in [0.2, 0.25) is 0 Å². The largest absolute Gasteiger partial charge is 0.489 e. The third-order valence-corrected chi connectivity index (χ3v) is 3.43. The number of hydrogen-bond acceptors (Lipinski definition) is 3. The second kappa shape index (κ2) is 6.86. The van der Waals surface area contributed by atoms with Gasteiger partial charge < -0.3 is 10.5 Å². The third-order valence-electron chi connectivity index (χ3n) is 2.90. The SMILES string of the molecule is CC(C)Oc1cncc(C(N)Cc2ccc(Br)cc2)c1. The molecule has 0 aliphatic rings. The number of benzene rings is 1. The Morgan fingerprint density at radius 3 is 2.55 bits per heavy atom. The van der Waals surface area contributed by atoms with Crippen molar-refractivity contribution in [3.8, 4) is 5.75 Å². The van der Waals surface area contributed by atoms with Crippen LogP contribution in [0.15, 0.2) is 47.2 Å². The van der Waals surface area contributed by atoms with E-state index in [0.29, 0.717) is 0 Å². The van der Waals surface area contributed by atoms with Crippen LogP contribution in [0.25, 0.3) is 0 Å². The van der Waals surface area contributed by atoms with Crippen molar-refractivity contribution in [2.75, 3.05) is 0 Å². The average Bonchev–Trinajstić information content (AvgIpc) is 2.41. The molecule has 2 rings (SSSR count). The van der Waals surface area contributed by atoms with E-state index in [1.165, 1.54) is 5.56 Å². The monoisotopic (exact) mass is 334 g/mol. The number of rotatable bonds is 5. The maximum Gasteiger partial charge on any atom is 0.138 e. The molecule has 1 atom stereocenters. The number of nitrogens with zero attached hydrogens (tertiary/aromatic N) is 1. The van der Waals surface area contributed by atoms with E-state index in [0.717, 1.165) is 22.2 Å². The summed E-state index contributed by atoms with van der Waals surface area (Å²) in [6.45, 7) is 3.99. The van der Waals surface area contributed by atoms with E-state index < -0.39 is 0 Å². The molecule has 1 heterocycles. The van der Waals surface area contributed by atoms with E-state index in [2.05, 4.69) is 33.0 Å². The first-order chi connectivity index (χ1) is 9.54. The highest BCUT2D eigenvalue weighted by Gasteiger charge is 2.09. The molecule has 2 N–H and O–H groups in total. The van der Waals surface area contributed by atoms with Crippen LogP contribution in [-0.2, 0) is 6.42 Å². The topological polar surface area (TPSA) is 48.1 Å². The minimum atomic E-state index is -0.0839. The molecular formula is C16H19BrN2O. The van der Waals surface area contributed by atoms with Crippen LogP contribution >= 0.6 is 15.9 Å². The number of aromatic nitrogens is 1. The first-order valence-corrected chi connectivity index (χ1v) is 7.45. The summed E-state index contributed by atoms with van der Waals surface area (Å²) in [5, 5.41) is 0. The smallest absolute Gasteiger partial charge is 0.138 e. The van der Waals surface area contributed by atoms with Crippen molar-refractivity contribution in [3.05, 3.63) is 58.3 Å². The van der Waals surface area contributed by atoms with Crippen molar-refractivity contribution in [3.63, 3.8) is 0 Å². The first-order valence-electron chi connectivity index (χ1n) is 6.66. The van der Waals surface area contributed by atoms with Crippen LogP contribution in [0.5, 0.6) is 5.75 Å². The highest BCUT2D eigenvalue weighted by molar-refractivity contribution is 9.10. The molecule has 1 unspecified atom stereocenters. The minimum Gasteiger partial charge on any atom is -0.489 e. The molecule has 0 amide bonds. The summed E-state index contributed by atoms with van der Waals surface area (Å²) in [6.07, 6.45) is 4.43. The van der Waals surface area contributed by atoms with Crippen LogP contribution in [-0.4, -0.2) is 11.1 Å². The lowest BCUT2D eigenvalue weighted by atomic mass is 10.0.